The maximum absolute atomic E-state index is 5.60. The minimum Gasteiger partial charge on any atom is -0.368 e. The summed E-state index contributed by atoms with van der Waals surface area (Å²) in [5, 5.41) is 3.14. The third-order valence-electron chi connectivity index (χ3n) is 2.30. The Balaban J connectivity index is 1.91. The van der Waals surface area contributed by atoms with Crippen molar-refractivity contribution in [2.75, 3.05) is 11.1 Å². The topological polar surface area (TPSA) is 121 Å². The van der Waals surface area contributed by atoms with E-state index in [1.165, 1.54) is 0 Å². The van der Waals surface area contributed by atoms with Crippen molar-refractivity contribution in [3.8, 4) is 0 Å². The summed E-state index contributed by atoms with van der Waals surface area (Å²) >= 11 is 0. The molecule has 0 radical (unpaired) electrons. The van der Waals surface area contributed by atoms with E-state index >= 15 is 0 Å². The molecule has 0 fully saturated rings. The van der Waals surface area contributed by atoms with Crippen LogP contribution in [0.5, 0.6) is 0 Å². The number of rotatable bonds is 3. The molecule has 3 rings (SSSR count). The summed E-state index contributed by atoms with van der Waals surface area (Å²) in [6, 6.07) is 0. The van der Waals surface area contributed by atoms with Crippen molar-refractivity contribution < 1.29 is 0 Å². The second-order valence-corrected chi connectivity index (χ2v) is 3.46. The van der Waals surface area contributed by atoms with Gasteiger partial charge < -0.3 is 21.0 Å². The van der Waals surface area contributed by atoms with E-state index in [0.717, 1.165) is 11.2 Å². The van der Waals surface area contributed by atoms with E-state index in [1.807, 2.05) is 0 Å². The molecule has 8 heteroatoms. The summed E-state index contributed by atoms with van der Waals surface area (Å²) < 4.78 is 0. The highest BCUT2D eigenvalue weighted by Gasteiger charge is 2.07. The molecular formula is C9H10N8. The monoisotopic (exact) mass is 230 g/mol. The first-order valence-corrected chi connectivity index (χ1v) is 5.00. The number of hydrogen-bond acceptors (Lipinski definition) is 6. The van der Waals surface area contributed by atoms with Crippen LogP contribution in [0.4, 0.5) is 11.8 Å². The molecule has 3 heterocycles. The largest absolute Gasteiger partial charge is 0.368 e. The third-order valence-corrected chi connectivity index (χ3v) is 2.30. The van der Waals surface area contributed by atoms with E-state index in [-0.39, 0.29) is 5.95 Å². The molecule has 0 atom stereocenters. The zero-order valence-corrected chi connectivity index (χ0v) is 8.81. The molecule has 8 nitrogen and oxygen atoms in total. The maximum atomic E-state index is 5.60. The highest BCUT2D eigenvalue weighted by Crippen LogP contribution is 2.17. The number of aromatic nitrogens is 6. The van der Waals surface area contributed by atoms with Gasteiger partial charge in [-0.05, 0) is 0 Å². The van der Waals surface area contributed by atoms with Gasteiger partial charge in [-0.3, -0.25) is 0 Å². The summed E-state index contributed by atoms with van der Waals surface area (Å²) in [6.45, 7) is 0.574. The molecule has 86 valence electrons. The van der Waals surface area contributed by atoms with Crippen molar-refractivity contribution >= 4 is 22.9 Å². The van der Waals surface area contributed by atoms with Crippen LogP contribution in [-0.2, 0) is 6.54 Å². The molecule has 0 spiro atoms. The number of nitrogens with zero attached hydrogens (tertiary/aromatic N) is 4. The maximum Gasteiger partial charge on any atom is 0.224 e. The summed E-state index contributed by atoms with van der Waals surface area (Å²) in [5.41, 5.74) is 7.83. The molecule has 0 amide bonds. The zero-order chi connectivity index (χ0) is 11.7. The van der Waals surface area contributed by atoms with Crippen molar-refractivity contribution in [2.45, 2.75) is 6.54 Å². The van der Waals surface area contributed by atoms with Crippen LogP contribution >= 0.6 is 0 Å². The van der Waals surface area contributed by atoms with Crippen molar-refractivity contribution in [1.82, 2.24) is 29.9 Å². The summed E-state index contributed by atoms with van der Waals surface area (Å²) in [6.07, 6.45) is 4.92. The minimum atomic E-state index is 0.191. The van der Waals surface area contributed by atoms with Crippen LogP contribution in [0, 0.1) is 0 Å². The van der Waals surface area contributed by atoms with Crippen LogP contribution in [0.25, 0.3) is 11.2 Å². The number of H-pyrrole nitrogens is 2. The predicted molar refractivity (Wildman–Crippen MR) is 62.0 cm³/mol. The molecule has 0 aromatic carbocycles. The van der Waals surface area contributed by atoms with Crippen molar-refractivity contribution in [2.24, 2.45) is 0 Å². The first-order valence-electron chi connectivity index (χ1n) is 5.00. The standard InChI is InChI=1S/C9H10N8/c10-9-16-7(6-8(17-9)15-4-14-6)12-2-5-1-11-3-13-5/h1,3-4H,2H2,(H,11,13)(H4,10,12,14,15,16,17). The average molecular weight is 230 g/mol. The van der Waals surface area contributed by atoms with E-state index < -0.39 is 0 Å². The van der Waals surface area contributed by atoms with Crippen LogP contribution in [0.1, 0.15) is 5.69 Å². The highest BCUT2D eigenvalue weighted by atomic mass is 15.1. The molecule has 3 aromatic rings. The van der Waals surface area contributed by atoms with Gasteiger partial charge in [0.05, 0.1) is 24.9 Å². The van der Waals surface area contributed by atoms with E-state index in [4.69, 9.17) is 5.73 Å². The van der Waals surface area contributed by atoms with Gasteiger partial charge in [-0.2, -0.15) is 9.97 Å². The van der Waals surface area contributed by atoms with Crippen molar-refractivity contribution in [1.29, 1.82) is 0 Å². The van der Waals surface area contributed by atoms with Gasteiger partial charge in [0.25, 0.3) is 0 Å². The molecule has 0 saturated heterocycles. The Kier molecular flexibility index (Phi) is 2.11. The quantitative estimate of drug-likeness (QED) is 0.512. The van der Waals surface area contributed by atoms with Gasteiger partial charge >= 0.3 is 0 Å². The minimum absolute atomic E-state index is 0.191. The number of nitrogens with two attached hydrogens (primary N) is 1. The molecule has 0 aliphatic carbocycles. The number of nitrogen functional groups attached to an aromatic ring is 1. The SMILES string of the molecule is Nc1nc(NCc2cnc[nH]2)c2[nH]cnc2n1. The fourth-order valence-electron chi connectivity index (χ4n) is 1.54. The van der Waals surface area contributed by atoms with E-state index in [2.05, 4.69) is 35.2 Å². The number of aromatic amines is 2. The number of hydrogen-bond donors (Lipinski definition) is 4. The van der Waals surface area contributed by atoms with Gasteiger partial charge in [-0.25, -0.2) is 9.97 Å². The van der Waals surface area contributed by atoms with Crippen molar-refractivity contribution in [3.05, 3.63) is 24.5 Å². The predicted octanol–water partition coefficient (Wildman–Crippen LogP) is 0.270. The molecule has 0 aliphatic rings. The third kappa shape index (κ3) is 1.75. The number of fused-ring (bicyclic) bond motifs is 1. The molecule has 3 aromatic heterocycles. The lowest BCUT2D eigenvalue weighted by Crippen LogP contribution is -2.05. The van der Waals surface area contributed by atoms with Gasteiger partial charge in [-0.1, -0.05) is 0 Å². The van der Waals surface area contributed by atoms with Crippen molar-refractivity contribution in [3.63, 3.8) is 0 Å². The second-order valence-electron chi connectivity index (χ2n) is 3.46. The van der Waals surface area contributed by atoms with Crippen LogP contribution in [0.3, 0.4) is 0 Å². The molecule has 0 saturated carbocycles. The number of anilines is 2. The van der Waals surface area contributed by atoms with E-state index in [9.17, 15) is 0 Å². The first kappa shape index (κ1) is 9.58. The summed E-state index contributed by atoms with van der Waals surface area (Å²) in [7, 11) is 0. The van der Waals surface area contributed by atoms with Gasteiger partial charge in [0.15, 0.2) is 11.5 Å². The summed E-state index contributed by atoms with van der Waals surface area (Å²) in [4.78, 5) is 22.1. The average Bonchev–Trinajstić information content (AvgIpc) is 2.95. The lowest BCUT2D eigenvalue weighted by Gasteiger charge is -2.05. The molecule has 17 heavy (non-hydrogen) atoms. The fraction of sp³-hybridized carbons (Fsp3) is 0.111. The van der Waals surface area contributed by atoms with Gasteiger partial charge in [0.2, 0.25) is 5.95 Å². The number of nitrogens with one attached hydrogen (secondary N) is 3. The van der Waals surface area contributed by atoms with Crippen LogP contribution in [-0.4, -0.2) is 29.9 Å². The Hall–Kier alpha value is -2.64. The van der Waals surface area contributed by atoms with Gasteiger partial charge in [0.1, 0.15) is 5.52 Å². The lowest BCUT2D eigenvalue weighted by atomic mass is 10.4. The lowest BCUT2D eigenvalue weighted by molar-refractivity contribution is 1.05. The molecular weight excluding hydrogens is 220 g/mol. The van der Waals surface area contributed by atoms with Gasteiger partial charge in [-0.15, -0.1) is 0 Å². The Morgan fingerprint density at radius 3 is 3.00 bits per heavy atom. The van der Waals surface area contributed by atoms with E-state index in [0.29, 0.717) is 18.0 Å². The van der Waals surface area contributed by atoms with Gasteiger partial charge in [0, 0.05) is 6.20 Å². The summed E-state index contributed by atoms with van der Waals surface area (Å²) in [5.74, 6) is 0.816. The zero-order valence-electron chi connectivity index (χ0n) is 8.81. The van der Waals surface area contributed by atoms with Crippen LogP contribution in [0.2, 0.25) is 0 Å². The fourth-order valence-corrected chi connectivity index (χ4v) is 1.54. The Morgan fingerprint density at radius 1 is 1.24 bits per heavy atom. The Bertz CT molecular complexity index is 626. The Labute approximate surface area is 95.7 Å². The second kappa shape index (κ2) is 3.74. The van der Waals surface area contributed by atoms with E-state index in [1.54, 1.807) is 18.9 Å². The first-order chi connectivity index (χ1) is 8.33. The van der Waals surface area contributed by atoms with Crippen LogP contribution in [0.15, 0.2) is 18.9 Å². The molecule has 0 unspecified atom stereocenters. The number of imidazole rings is 2. The van der Waals surface area contributed by atoms with Crippen LogP contribution < -0.4 is 11.1 Å². The molecule has 0 bridgehead atoms. The molecule has 0 aliphatic heterocycles. The smallest absolute Gasteiger partial charge is 0.224 e. The highest BCUT2D eigenvalue weighted by molar-refractivity contribution is 5.83. The molecule has 5 N–H and O–H groups in total. The normalized spacial score (nSPS) is 10.8. The Morgan fingerprint density at radius 2 is 2.18 bits per heavy atom.